The van der Waals surface area contributed by atoms with E-state index in [1.54, 1.807) is 6.20 Å². The predicted molar refractivity (Wildman–Crippen MR) is 70.8 cm³/mol. The minimum Gasteiger partial charge on any atom is -0.271 e. The molecule has 1 aromatic rings. The fourth-order valence-corrected chi connectivity index (χ4v) is 2.31. The molecule has 0 aliphatic carbocycles. The lowest BCUT2D eigenvalue weighted by Gasteiger charge is -2.22. The minimum absolute atomic E-state index is 0.316. The van der Waals surface area contributed by atoms with Gasteiger partial charge in [-0.15, -0.1) is 0 Å². The molecule has 0 bridgehead atoms. The summed E-state index contributed by atoms with van der Waals surface area (Å²) in [6, 6.07) is 2.41. The van der Waals surface area contributed by atoms with Crippen molar-refractivity contribution in [2.75, 3.05) is 0 Å². The van der Waals surface area contributed by atoms with Gasteiger partial charge in [-0.05, 0) is 46.3 Å². The van der Waals surface area contributed by atoms with Crippen molar-refractivity contribution in [3.8, 4) is 0 Å². The second-order valence-corrected chi connectivity index (χ2v) is 5.17. The molecule has 0 saturated carbocycles. The van der Waals surface area contributed by atoms with Crippen molar-refractivity contribution in [2.24, 2.45) is 11.8 Å². The topological polar surface area (TPSA) is 50.9 Å². The quantitative estimate of drug-likeness (QED) is 0.624. The van der Waals surface area contributed by atoms with Crippen LogP contribution in [0.4, 0.5) is 0 Å². The Labute approximate surface area is 106 Å². The number of aromatic nitrogens is 1. The first-order chi connectivity index (χ1) is 7.67. The molecule has 0 aliphatic rings. The SMILES string of the molecule is CCCC(C)C(Cc1cncc(Br)c1)NN. The van der Waals surface area contributed by atoms with Crippen molar-refractivity contribution in [1.82, 2.24) is 10.4 Å². The van der Waals surface area contributed by atoms with Crippen molar-refractivity contribution in [2.45, 2.75) is 39.2 Å². The summed E-state index contributed by atoms with van der Waals surface area (Å²) in [5, 5.41) is 0. The first-order valence-electron chi connectivity index (χ1n) is 5.73. The molecule has 0 amide bonds. The number of nitrogens with two attached hydrogens (primary N) is 1. The summed E-state index contributed by atoms with van der Waals surface area (Å²) in [6.45, 7) is 4.43. The Morgan fingerprint density at radius 2 is 2.25 bits per heavy atom. The summed E-state index contributed by atoms with van der Waals surface area (Å²) >= 11 is 3.43. The van der Waals surface area contributed by atoms with Crippen LogP contribution in [-0.4, -0.2) is 11.0 Å². The standard InChI is InChI=1S/C12H20BrN3/c1-3-4-9(2)12(16-14)6-10-5-11(13)8-15-7-10/h5,7-9,12,16H,3-4,6,14H2,1-2H3. The third kappa shape index (κ3) is 4.20. The fourth-order valence-electron chi connectivity index (χ4n) is 1.90. The van der Waals surface area contributed by atoms with Gasteiger partial charge in [0.05, 0.1) is 0 Å². The molecular formula is C12H20BrN3. The van der Waals surface area contributed by atoms with Gasteiger partial charge < -0.3 is 0 Å². The van der Waals surface area contributed by atoms with E-state index in [1.807, 2.05) is 6.20 Å². The molecule has 0 fully saturated rings. The monoisotopic (exact) mass is 285 g/mol. The van der Waals surface area contributed by atoms with E-state index in [0.29, 0.717) is 12.0 Å². The Morgan fingerprint density at radius 1 is 1.50 bits per heavy atom. The van der Waals surface area contributed by atoms with Gasteiger partial charge in [0, 0.05) is 22.9 Å². The maximum atomic E-state index is 5.61. The van der Waals surface area contributed by atoms with Gasteiger partial charge in [-0.3, -0.25) is 16.3 Å². The van der Waals surface area contributed by atoms with Gasteiger partial charge in [0.25, 0.3) is 0 Å². The Morgan fingerprint density at radius 3 is 2.81 bits per heavy atom. The van der Waals surface area contributed by atoms with Crippen molar-refractivity contribution in [3.05, 3.63) is 28.5 Å². The van der Waals surface area contributed by atoms with Crippen LogP contribution in [0.3, 0.4) is 0 Å². The van der Waals surface area contributed by atoms with Crippen molar-refractivity contribution in [3.63, 3.8) is 0 Å². The second-order valence-electron chi connectivity index (χ2n) is 4.25. The number of nitrogens with one attached hydrogen (secondary N) is 1. The van der Waals surface area contributed by atoms with Crippen LogP contribution in [-0.2, 0) is 6.42 Å². The largest absolute Gasteiger partial charge is 0.271 e. The highest BCUT2D eigenvalue weighted by Gasteiger charge is 2.15. The van der Waals surface area contributed by atoms with E-state index in [9.17, 15) is 0 Å². The summed E-state index contributed by atoms with van der Waals surface area (Å²) in [7, 11) is 0. The highest BCUT2D eigenvalue weighted by molar-refractivity contribution is 9.10. The maximum absolute atomic E-state index is 5.61. The molecule has 16 heavy (non-hydrogen) atoms. The zero-order valence-electron chi connectivity index (χ0n) is 9.91. The highest BCUT2D eigenvalue weighted by atomic mass is 79.9. The van der Waals surface area contributed by atoms with Gasteiger partial charge in [-0.2, -0.15) is 0 Å². The van der Waals surface area contributed by atoms with Gasteiger partial charge in [0.2, 0.25) is 0 Å². The lowest BCUT2D eigenvalue weighted by molar-refractivity contribution is 0.356. The van der Waals surface area contributed by atoms with E-state index in [1.165, 1.54) is 18.4 Å². The number of hydrazine groups is 1. The number of rotatable bonds is 6. The van der Waals surface area contributed by atoms with Crippen molar-refractivity contribution < 1.29 is 0 Å². The van der Waals surface area contributed by atoms with Gasteiger partial charge in [0.1, 0.15) is 0 Å². The first kappa shape index (κ1) is 13.6. The van der Waals surface area contributed by atoms with Crippen LogP contribution in [0.2, 0.25) is 0 Å². The molecule has 3 nitrogen and oxygen atoms in total. The van der Waals surface area contributed by atoms with E-state index in [2.05, 4.69) is 46.3 Å². The molecule has 2 unspecified atom stereocenters. The predicted octanol–water partition coefficient (Wildman–Crippen LogP) is 2.65. The third-order valence-electron chi connectivity index (χ3n) is 2.86. The second kappa shape index (κ2) is 6.99. The Balaban J connectivity index is 2.62. The zero-order chi connectivity index (χ0) is 12.0. The Bertz CT molecular complexity index is 317. The summed E-state index contributed by atoms with van der Waals surface area (Å²) < 4.78 is 1.02. The molecular weight excluding hydrogens is 266 g/mol. The van der Waals surface area contributed by atoms with Crippen molar-refractivity contribution in [1.29, 1.82) is 0 Å². The average Bonchev–Trinajstić information content (AvgIpc) is 2.26. The maximum Gasteiger partial charge on any atom is 0.0410 e. The van der Waals surface area contributed by atoms with Crippen LogP contribution < -0.4 is 11.3 Å². The van der Waals surface area contributed by atoms with Gasteiger partial charge in [0.15, 0.2) is 0 Å². The smallest absolute Gasteiger partial charge is 0.0410 e. The molecule has 1 aromatic heterocycles. The fraction of sp³-hybridized carbons (Fsp3) is 0.583. The highest BCUT2D eigenvalue weighted by Crippen LogP contribution is 2.16. The molecule has 3 N–H and O–H groups in total. The van der Waals surface area contributed by atoms with Gasteiger partial charge in [-0.1, -0.05) is 20.3 Å². The number of halogens is 1. The molecule has 0 radical (unpaired) electrons. The lowest BCUT2D eigenvalue weighted by Crippen LogP contribution is -2.41. The number of nitrogens with zero attached hydrogens (tertiary/aromatic N) is 1. The van der Waals surface area contributed by atoms with E-state index >= 15 is 0 Å². The lowest BCUT2D eigenvalue weighted by atomic mass is 9.92. The van der Waals surface area contributed by atoms with E-state index in [-0.39, 0.29) is 0 Å². The van der Waals surface area contributed by atoms with Crippen LogP contribution in [0, 0.1) is 5.92 Å². The van der Waals surface area contributed by atoms with E-state index < -0.39 is 0 Å². The molecule has 90 valence electrons. The molecule has 2 atom stereocenters. The summed E-state index contributed by atoms with van der Waals surface area (Å²) in [5.41, 5.74) is 4.12. The van der Waals surface area contributed by atoms with Gasteiger partial charge >= 0.3 is 0 Å². The summed E-state index contributed by atoms with van der Waals surface area (Å²) in [6.07, 6.45) is 6.99. The van der Waals surface area contributed by atoms with Crippen molar-refractivity contribution >= 4 is 15.9 Å². The van der Waals surface area contributed by atoms with Crippen LogP contribution >= 0.6 is 15.9 Å². The summed E-state index contributed by atoms with van der Waals surface area (Å²) in [4.78, 5) is 4.16. The van der Waals surface area contributed by atoms with Gasteiger partial charge in [-0.25, -0.2) is 0 Å². The molecule has 4 heteroatoms. The van der Waals surface area contributed by atoms with Crippen LogP contribution in [0.5, 0.6) is 0 Å². The number of hydrogen-bond acceptors (Lipinski definition) is 3. The first-order valence-corrected chi connectivity index (χ1v) is 6.52. The normalized spacial score (nSPS) is 14.8. The third-order valence-corrected chi connectivity index (χ3v) is 3.30. The molecule has 1 rings (SSSR count). The minimum atomic E-state index is 0.316. The summed E-state index contributed by atoms with van der Waals surface area (Å²) in [5.74, 6) is 6.19. The van der Waals surface area contributed by atoms with Crippen LogP contribution in [0.25, 0.3) is 0 Å². The number of hydrogen-bond donors (Lipinski definition) is 2. The molecule has 1 heterocycles. The zero-order valence-corrected chi connectivity index (χ0v) is 11.5. The molecule has 0 aliphatic heterocycles. The molecule has 0 saturated heterocycles. The van der Waals surface area contributed by atoms with E-state index in [0.717, 1.165) is 10.9 Å². The van der Waals surface area contributed by atoms with Crippen LogP contribution in [0.15, 0.2) is 22.9 Å². The Hall–Kier alpha value is -0.450. The molecule has 0 aromatic carbocycles. The van der Waals surface area contributed by atoms with E-state index in [4.69, 9.17) is 5.84 Å². The average molecular weight is 286 g/mol. The molecule has 0 spiro atoms. The number of pyridine rings is 1. The Kier molecular flexibility index (Phi) is 5.95. The van der Waals surface area contributed by atoms with Crippen LogP contribution in [0.1, 0.15) is 32.3 Å².